The van der Waals surface area contributed by atoms with Crippen LogP contribution in [0.3, 0.4) is 0 Å². The van der Waals surface area contributed by atoms with E-state index in [0.29, 0.717) is 18.4 Å². The first-order valence-corrected chi connectivity index (χ1v) is 7.15. The molecule has 1 heterocycles. The largest absolute Gasteiger partial charge is 0.467 e. The van der Waals surface area contributed by atoms with Crippen LogP contribution in [0.1, 0.15) is 39.0 Å². The highest BCUT2D eigenvalue weighted by Crippen LogP contribution is 2.29. The van der Waals surface area contributed by atoms with E-state index in [0.717, 1.165) is 38.6 Å². The quantitative estimate of drug-likeness (QED) is 0.696. The molecule has 7 heteroatoms. The van der Waals surface area contributed by atoms with Gasteiger partial charge in [0.25, 0.3) is 0 Å². The van der Waals surface area contributed by atoms with Crippen LogP contribution in [0.2, 0.25) is 0 Å². The zero-order chi connectivity index (χ0) is 14.4. The number of rotatable bonds is 7. The van der Waals surface area contributed by atoms with Crippen LogP contribution in [0.5, 0.6) is 6.01 Å². The highest BCUT2D eigenvalue weighted by molar-refractivity contribution is 5.36. The van der Waals surface area contributed by atoms with Crippen molar-refractivity contribution in [1.82, 2.24) is 15.0 Å². The monoisotopic (exact) mass is 281 g/mol. The van der Waals surface area contributed by atoms with E-state index in [-0.39, 0.29) is 6.01 Å². The molecule has 7 nitrogen and oxygen atoms in total. The summed E-state index contributed by atoms with van der Waals surface area (Å²) in [5.41, 5.74) is -0.642. The van der Waals surface area contributed by atoms with Gasteiger partial charge in [-0.3, -0.25) is 0 Å². The third-order valence-corrected chi connectivity index (χ3v) is 3.44. The molecular weight excluding hydrogens is 258 g/mol. The Bertz CT molecular complexity index is 435. The fraction of sp³-hybridized carbons (Fsp3) is 0.769. The molecule has 0 radical (unpaired) electrons. The number of aromatic nitrogens is 3. The molecule has 0 spiro atoms. The number of aliphatic hydroxyl groups is 1. The second-order valence-corrected chi connectivity index (χ2v) is 5.18. The Morgan fingerprint density at radius 1 is 1.15 bits per heavy atom. The van der Waals surface area contributed by atoms with Gasteiger partial charge in [0.2, 0.25) is 11.9 Å². The summed E-state index contributed by atoms with van der Waals surface area (Å²) in [7, 11) is 1.52. The van der Waals surface area contributed by atoms with Crippen molar-refractivity contribution >= 4 is 11.9 Å². The molecule has 112 valence electrons. The van der Waals surface area contributed by atoms with Crippen LogP contribution in [0.15, 0.2) is 0 Å². The molecule has 0 aliphatic heterocycles. The Kier molecular flexibility index (Phi) is 4.94. The van der Waals surface area contributed by atoms with Gasteiger partial charge in [0.15, 0.2) is 0 Å². The molecule has 0 amide bonds. The summed E-state index contributed by atoms with van der Waals surface area (Å²) in [6.07, 6.45) is 4.77. The Morgan fingerprint density at radius 2 is 1.80 bits per heavy atom. The van der Waals surface area contributed by atoms with Gasteiger partial charge in [0.1, 0.15) is 0 Å². The molecule has 1 aliphatic carbocycles. The van der Waals surface area contributed by atoms with Gasteiger partial charge in [0.05, 0.1) is 12.7 Å². The van der Waals surface area contributed by atoms with E-state index in [1.54, 1.807) is 0 Å². The van der Waals surface area contributed by atoms with Crippen LogP contribution >= 0.6 is 0 Å². The predicted octanol–water partition coefficient (Wildman–Crippen LogP) is 1.42. The Hall–Kier alpha value is -1.63. The second kappa shape index (κ2) is 6.69. The molecule has 0 saturated heterocycles. The maximum Gasteiger partial charge on any atom is 0.322 e. The molecule has 2 rings (SSSR count). The van der Waals surface area contributed by atoms with Gasteiger partial charge < -0.3 is 20.5 Å². The number of hydrogen-bond acceptors (Lipinski definition) is 7. The van der Waals surface area contributed by atoms with E-state index in [4.69, 9.17) is 4.74 Å². The number of nitrogens with zero attached hydrogens (tertiary/aromatic N) is 3. The molecule has 0 aromatic carbocycles. The van der Waals surface area contributed by atoms with Gasteiger partial charge >= 0.3 is 6.01 Å². The van der Waals surface area contributed by atoms with E-state index in [1.165, 1.54) is 7.11 Å². The summed E-state index contributed by atoms with van der Waals surface area (Å²) in [6.45, 7) is 3.31. The molecule has 1 fully saturated rings. The van der Waals surface area contributed by atoms with Gasteiger partial charge in [-0.25, -0.2) is 0 Å². The highest BCUT2D eigenvalue weighted by atomic mass is 16.5. The molecule has 1 saturated carbocycles. The minimum atomic E-state index is -0.642. The maximum atomic E-state index is 10.3. The van der Waals surface area contributed by atoms with E-state index >= 15 is 0 Å². The summed E-state index contributed by atoms with van der Waals surface area (Å²) in [6, 6.07) is 0.263. The maximum absolute atomic E-state index is 10.3. The number of methoxy groups -OCH3 is 1. The van der Waals surface area contributed by atoms with Crippen LogP contribution in [-0.2, 0) is 0 Å². The Morgan fingerprint density at radius 3 is 2.40 bits per heavy atom. The molecule has 1 aliphatic rings. The SMILES string of the molecule is CCCNc1nc(NCC2(O)CCCC2)nc(OC)n1. The van der Waals surface area contributed by atoms with Crippen molar-refractivity contribution in [3.63, 3.8) is 0 Å². The lowest BCUT2D eigenvalue weighted by molar-refractivity contribution is 0.0613. The van der Waals surface area contributed by atoms with Crippen molar-refractivity contribution in [2.24, 2.45) is 0 Å². The van der Waals surface area contributed by atoms with Crippen LogP contribution in [0, 0.1) is 0 Å². The normalized spacial score (nSPS) is 16.9. The Balaban J connectivity index is 2.01. The number of ether oxygens (including phenoxy) is 1. The lowest BCUT2D eigenvalue weighted by Crippen LogP contribution is -2.34. The van der Waals surface area contributed by atoms with Crippen molar-refractivity contribution in [2.75, 3.05) is 30.8 Å². The van der Waals surface area contributed by atoms with E-state index in [2.05, 4.69) is 32.5 Å². The number of nitrogens with one attached hydrogen (secondary N) is 2. The molecular formula is C13H23N5O2. The molecule has 1 aromatic heterocycles. The van der Waals surface area contributed by atoms with Crippen molar-refractivity contribution < 1.29 is 9.84 Å². The van der Waals surface area contributed by atoms with Crippen molar-refractivity contribution in [3.8, 4) is 6.01 Å². The highest BCUT2D eigenvalue weighted by Gasteiger charge is 2.31. The van der Waals surface area contributed by atoms with Crippen molar-refractivity contribution in [1.29, 1.82) is 0 Å². The van der Waals surface area contributed by atoms with Crippen molar-refractivity contribution in [3.05, 3.63) is 0 Å². The molecule has 0 unspecified atom stereocenters. The van der Waals surface area contributed by atoms with E-state index in [1.807, 2.05) is 0 Å². The summed E-state index contributed by atoms with van der Waals surface area (Å²) >= 11 is 0. The lowest BCUT2D eigenvalue weighted by Gasteiger charge is -2.22. The number of hydrogen-bond donors (Lipinski definition) is 3. The third kappa shape index (κ3) is 3.93. The zero-order valence-electron chi connectivity index (χ0n) is 12.1. The first kappa shape index (κ1) is 14.8. The molecule has 20 heavy (non-hydrogen) atoms. The third-order valence-electron chi connectivity index (χ3n) is 3.44. The van der Waals surface area contributed by atoms with Crippen LogP contribution in [0.25, 0.3) is 0 Å². The van der Waals surface area contributed by atoms with Crippen molar-refractivity contribution in [2.45, 2.75) is 44.6 Å². The standard InChI is InChI=1S/C13H23N5O2/c1-3-8-14-10-16-11(18-12(17-10)20-2)15-9-13(19)6-4-5-7-13/h19H,3-9H2,1-2H3,(H2,14,15,16,17,18). The Labute approximate surface area is 119 Å². The van der Waals surface area contributed by atoms with Crippen LogP contribution < -0.4 is 15.4 Å². The van der Waals surface area contributed by atoms with E-state index < -0.39 is 5.60 Å². The summed E-state index contributed by atoms with van der Waals surface area (Å²) in [5.74, 6) is 0.912. The van der Waals surface area contributed by atoms with Gasteiger partial charge in [0, 0.05) is 13.1 Å². The van der Waals surface area contributed by atoms with Gasteiger partial charge in [-0.2, -0.15) is 15.0 Å². The average Bonchev–Trinajstić information content (AvgIpc) is 2.90. The fourth-order valence-corrected chi connectivity index (χ4v) is 2.30. The summed E-state index contributed by atoms with van der Waals surface area (Å²) in [4.78, 5) is 12.5. The minimum absolute atomic E-state index is 0.263. The number of anilines is 2. The van der Waals surface area contributed by atoms with Crippen LogP contribution in [0.4, 0.5) is 11.9 Å². The zero-order valence-corrected chi connectivity index (χ0v) is 12.1. The second-order valence-electron chi connectivity index (χ2n) is 5.18. The topological polar surface area (TPSA) is 92.2 Å². The molecule has 3 N–H and O–H groups in total. The van der Waals surface area contributed by atoms with Crippen LogP contribution in [-0.4, -0.2) is 45.9 Å². The summed E-state index contributed by atoms with van der Waals surface area (Å²) < 4.78 is 5.07. The van der Waals surface area contributed by atoms with Gasteiger partial charge in [-0.1, -0.05) is 19.8 Å². The predicted molar refractivity (Wildman–Crippen MR) is 77.1 cm³/mol. The fourth-order valence-electron chi connectivity index (χ4n) is 2.30. The first-order chi connectivity index (χ1) is 9.65. The minimum Gasteiger partial charge on any atom is -0.467 e. The average molecular weight is 281 g/mol. The van der Waals surface area contributed by atoms with E-state index in [9.17, 15) is 5.11 Å². The molecule has 0 atom stereocenters. The molecule has 1 aromatic rings. The lowest BCUT2D eigenvalue weighted by atomic mass is 10.0. The summed E-state index contributed by atoms with van der Waals surface area (Å²) in [5, 5.41) is 16.5. The van der Waals surface area contributed by atoms with Gasteiger partial charge in [-0.05, 0) is 19.3 Å². The molecule has 0 bridgehead atoms. The smallest absolute Gasteiger partial charge is 0.322 e. The van der Waals surface area contributed by atoms with Gasteiger partial charge in [-0.15, -0.1) is 0 Å². The first-order valence-electron chi connectivity index (χ1n) is 7.15.